The maximum Gasteiger partial charge on any atom is 0.314 e. The van der Waals surface area contributed by atoms with Gasteiger partial charge in [-0.05, 0) is 24.1 Å². The van der Waals surface area contributed by atoms with Crippen LogP contribution >= 0.6 is 22.9 Å². The van der Waals surface area contributed by atoms with Gasteiger partial charge in [0.05, 0.1) is 10.9 Å². The maximum absolute atomic E-state index is 11.8. The molecule has 2 rings (SSSR count). The number of methoxy groups -OCH3 is 1. The molecule has 0 aliphatic carbocycles. The second-order valence-electron chi connectivity index (χ2n) is 4.74. The van der Waals surface area contributed by atoms with Crippen molar-refractivity contribution in [3.05, 3.63) is 57.2 Å². The van der Waals surface area contributed by atoms with Gasteiger partial charge in [0.1, 0.15) is 6.10 Å². The summed E-state index contributed by atoms with van der Waals surface area (Å²) in [6.45, 7) is 1.00. The highest BCUT2D eigenvalue weighted by Gasteiger charge is 2.14. The first-order valence-corrected chi connectivity index (χ1v) is 8.22. The van der Waals surface area contributed by atoms with Gasteiger partial charge in [-0.3, -0.25) is 0 Å². The predicted molar refractivity (Wildman–Crippen MR) is 90.6 cm³/mol. The minimum atomic E-state index is -0.194. The van der Waals surface area contributed by atoms with Gasteiger partial charge < -0.3 is 15.4 Å². The monoisotopic (exact) mass is 338 g/mol. The van der Waals surface area contributed by atoms with Crippen molar-refractivity contribution in [2.24, 2.45) is 0 Å². The van der Waals surface area contributed by atoms with Crippen molar-refractivity contribution in [3.63, 3.8) is 0 Å². The van der Waals surface area contributed by atoms with E-state index < -0.39 is 0 Å². The molecule has 0 bridgehead atoms. The lowest BCUT2D eigenvalue weighted by molar-refractivity contribution is 0.107. The summed E-state index contributed by atoms with van der Waals surface area (Å²) in [7, 11) is 1.62. The highest BCUT2D eigenvalue weighted by Crippen LogP contribution is 2.28. The summed E-state index contributed by atoms with van der Waals surface area (Å²) >= 11 is 7.37. The van der Waals surface area contributed by atoms with E-state index in [2.05, 4.69) is 10.6 Å². The average molecular weight is 339 g/mol. The van der Waals surface area contributed by atoms with Crippen LogP contribution in [0.25, 0.3) is 0 Å². The number of carbonyl (C=O) groups is 1. The standard InChI is InChI=1S/C16H19ClN2O2S/c1-21-13(14-7-8-15(17)22-14)11-19-16(20)18-10-9-12-5-3-2-4-6-12/h2-8,13H,9-11H2,1H3,(H2,18,19,20). The number of rotatable bonds is 7. The van der Waals surface area contributed by atoms with Crippen LogP contribution in [0.2, 0.25) is 4.34 Å². The van der Waals surface area contributed by atoms with Crippen molar-refractivity contribution >= 4 is 29.0 Å². The summed E-state index contributed by atoms with van der Waals surface area (Å²) < 4.78 is 6.10. The van der Waals surface area contributed by atoms with Crippen molar-refractivity contribution in [2.75, 3.05) is 20.2 Å². The fourth-order valence-corrected chi connectivity index (χ4v) is 3.15. The van der Waals surface area contributed by atoms with Crippen molar-refractivity contribution in [1.82, 2.24) is 10.6 Å². The lowest BCUT2D eigenvalue weighted by Gasteiger charge is -2.15. The van der Waals surface area contributed by atoms with E-state index in [0.717, 1.165) is 11.3 Å². The van der Waals surface area contributed by atoms with Crippen molar-refractivity contribution in [1.29, 1.82) is 0 Å². The molecule has 6 heteroatoms. The molecular weight excluding hydrogens is 320 g/mol. The number of benzene rings is 1. The smallest absolute Gasteiger partial charge is 0.314 e. The number of urea groups is 1. The van der Waals surface area contributed by atoms with E-state index in [0.29, 0.717) is 17.4 Å². The van der Waals surface area contributed by atoms with Gasteiger partial charge in [-0.2, -0.15) is 0 Å². The molecule has 1 aromatic heterocycles. The fraction of sp³-hybridized carbons (Fsp3) is 0.312. The van der Waals surface area contributed by atoms with Crippen LogP contribution in [0.1, 0.15) is 16.5 Å². The van der Waals surface area contributed by atoms with Gasteiger partial charge in [0, 0.05) is 18.5 Å². The van der Waals surface area contributed by atoms with Gasteiger partial charge in [-0.15, -0.1) is 11.3 Å². The molecule has 1 unspecified atom stereocenters. The topological polar surface area (TPSA) is 50.4 Å². The Morgan fingerprint density at radius 3 is 2.64 bits per heavy atom. The Morgan fingerprint density at radius 1 is 1.23 bits per heavy atom. The zero-order valence-corrected chi connectivity index (χ0v) is 13.9. The maximum atomic E-state index is 11.8. The minimum Gasteiger partial charge on any atom is -0.374 e. The number of thiophene rings is 1. The first-order chi connectivity index (χ1) is 10.7. The third-order valence-electron chi connectivity index (χ3n) is 3.19. The van der Waals surface area contributed by atoms with E-state index in [1.807, 2.05) is 42.5 Å². The number of ether oxygens (including phenoxy) is 1. The Balaban J connectivity index is 1.70. The molecule has 0 aliphatic heterocycles. The molecule has 2 amide bonds. The Bertz CT molecular complexity index is 589. The Morgan fingerprint density at radius 2 is 2.00 bits per heavy atom. The van der Waals surface area contributed by atoms with Crippen LogP contribution in [0.5, 0.6) is 0 Å². The number of hydrogen-bond donors (Lipinski definition) is 2. The predicted octanol–water partition coefficient (Wildman–Crippen LogP) is 3.63. The molecule has 0 spiro atoms. The van der Waals surface area contributed by atoms with Crippen molar-refractivity contribution < 1.29 is 9.53 Å². The molecule has 118 valence electrons. The third kappa shape index (κ3) is 5.33. The van der Waals surface area contributed by atoms with Gasteiger partial charge in [0.25, 0.3) is 0 Å². The zero-order chi connectivity index (χ0) is 15.8. The van der Waals surface area contributed by atoms with E-state index in [1.165, 1.54) is 16.9 Å². The first kappa shape index (κ1) is 16.8. The molecule has 0 saturated heterocycles. The second kappa shape index (κ2) is 8.78. The Labute approximate surface area is 139 Å². The SMILES string of the molecule is COC(CNC(=O)NCCc1ccccc1)c1ccc(Cl)s1. The molecule has 1 heterocycles. The van der Waals surface area contributed by atoms with Crippen LogP contribution in [0.4, 0.5) is 4.79 Å². The lowest BCUT2D eigenvalue weighted by atomic mass is 10.1. The number of hydrogen-bond acceptors (Lipinski definition) is 3. The van der Waals surface area contributed by atoms with Crippen LogP contribution in [-0.4, -0.2) is 26.2 Å². The number of carbonyl (C=O) groups excluding carboxylic acids is 1. The van der Waals surface area contributed by atoms with Gasteiger partial charge in [0.15, 0.2) is 0 Å². The van der Waals surface area contributed by atoms with Gasteiger partial charge in [0.2, 0.25) is 0 Å². The molecule has 0 fully saturated rings. The molecule has 1 aromatic carbocycles. The fourth-order valence-electron chi connectivity index (χ4n) is 2.01. The summed E-state index contributed by atoms with van der Waals surface area (Å²) in [5.74, 6) is 0. The number of nitrogens with one attached hydrogen (secondary N) is 2. The Hall–Kier alpha value is -1.56. The molecule has 0 aliphatic rings. The van der Waals surface area contributed by atoms with E-state index in [1.54, 1.807) is 7.11 Å². The quantitative estimate of drug-likeness (QED) is 0.810. The van der Waals surface area contributed by atoms with E-state index >= 15 is 0 Å². The molecule has 0 saturated carbocycles. The van der Waals surface area contributed by atoms with E-state index in [4.69, 9.17) is 16.3 Å². The molecule has 0 radical (unpaired) electrons. The first-order valence-electron chi connectivity index (χ1n) is 7.02. The second-order valence-corrected chi connectivity index (χ2v) is 6.49. The summed E-state index contributed by atoms with van der Waals surface area (Å²) in [5, 5.41) is 5.66. The normalized spacial score (nSPS) is 11.9. The molecular formula is C16H19ClN2O2S. The van der Waals surface area contributed by atoms with Crippen LogP contribution < -0.4 is 10.6 Å². The number of halogens is 1. The minimum absolute atomic E-state index is 0.183. The van der Waals surface area contributed by atoms with Gasteiger partial charge in [-0.1, -0.05) is 41.9 Å². The summed E-state index contributed by atoms with van der Waals surface area (Å²) in [4.78, 5) is 12.8. The highest BCUT2D eigenvalue weighted by atomic mass is 35.5. The van der Waals surface area contributed by atoms with Crippen molar-refractivity contribution in [3.8, 4) is 0 Å². The van der Waals surface area contributed by atoms with Crippen LogP contribution in [-0.2, 0) is 11.2 Å². The average Bonchev–Trinajstić information content (AvgIpc) is 2.95. The molecule has 4 nitrogen and oxygen atoms in total. The van der Waals surface area contributed by atoms with Crippen LogP contribution in [0.3, 0.4) is 0 Å². The van der Waals surface area contributed by atoms with Gasteiger partial charge in [-0.25, -0.2) is 4.79 Å². The summed E-state index contributed by atoms with van der Waals surface area (Å²) in [6, 6.07) is 13.6. The Kier molecular flexibility index (Phi) is 6.71. The van der Waals surface area contributed by atoms with E-state index in [-0.39, 0.29) is 12.1 Å². The summed E-state index contributed by atoms with van der Waals surface area (Å²) in [5.41, 5.74) is 1.20. The summed E-state index contributed by atoms with van der Waals surface area (Å²) in [6.07, 6.45) is 0.625. The van der Waals surface area contributed by atoms with Crippen molar-refractivity contribution in [2.45, 2.75) is 12.5 Å². The third-order valence-corrected chi connectivity index (χ3v) is 4.51. The molecule has 2 aromatic rings. The van der Waals surface area contributed by atoms with E-state index in [9.17, 15) is 4.79 Å². The molecule has 22 heavy (non-hydrogen) atoms. The molecule has 1 atom stereocenters. The van der Waals surface area contributed by atoms with Crippen LogP contribution in [0, 0.1) is 0 Å². The lowest BCUT2D eigenvalue weighted by Crippen LogP contribution is -2.38. The highest BCUT2D eigenvalue weighted by molar-refractivity contribution is 7.16. The largest absolute Gasteiger partial charge is 0.374 e. The molecule has 2 N–H and O–H groups in total. The van der Waals surface area contributed by atoms with Crippen LogP contribution in [0.15, 0.2) is 42.5 Å². The van der Waals surface area contributed by atoms with Gasteiger partial charge >= 0.3 is 6.03 Å². The zero-order valence-electron chi connectivity index (χ0n) is 12.3. The number of amides is 2.